The van der Waals surface area contributed by atoms with Crippen LogP contribution >= 0.6 is 27.5 Å². The van der Waals surface area contributed by atoms with Gasteiger partial charge in [0.1, 0.15) is 0 Å². The number of nitrogens with one attached hydrogen (secondary N) is 1. The quantitative estimate of drug-likeness (QED) is 0.797. The number of hydrogen-bond donors (Lipinski definition) is 1. The molecule has 0 saturated heterocycles. The molecule has 0 aliphatic carbocycles. The normalized spacial score (nSPS) is 17.6. The summed E-state index contributed by atoms with van der Waals surface area (Å²) in [7, 11) is 0. The smallest absolute Gasteiger partial charge is 0.0569 e. The summed E-state index contributed by atoms with van der Waals surface area (Å²) in [6.45, 7) is 0. The molecule has 0 amide bonds. The van der Waals surface area contributed by atoms with Crippen molar-refractivity contribution >= 4 is 33.2 Å². The molecular formula is C14H11BrClN. The number of fused-ring (bicyclic) bond motifs is 1. The van der Waals surface area contributed by atoms with Gasteiger partial charge in [0.15, 0.2) is 0 Å². The first-order valence-electron chi connectivity index (χ1n) is 5.53. The van der Waals surface area contributed by atoms with E-state index in [0.717, 1.165) is 15.9 Å². The maximum atomic E-state index is 6.23. The Morgan fingerprint density at radius 2 is 2.00 bits per heavy atom. The Hall–Kier alpha value is -0.990. The molecule has 1 nitrogen and oxygen atoms in total. The van der Waals surface area contributed by atoms with Crippen LogP contribution in [0.25, 0.3) is 0 Å². The zero-order chi connectivity index (χ0) is 11.8. The number of anilines is 1. The molecule has 2 aromatic carbocycles. The monoisotopic (exact) mass is 307 g/mol. The summed E-state index contributed by atoms with van der Waals surface area (Å²) < 4.78 is 1.10. The van der Waals surface area contributed by atoms with Crippen molar-refractivity contribution in [2.45, 2.75) is 12.5 Å². The fraction of sp³-hybridized carbons (Fsp3) is 0.143. The van der Waals surface area contributed by atoms with Gasteiger partial charge in [-0.1, -0.05) is 51.8 Å². The first-order chi connectivity index (χ1) is 8.24. The molecule has 0 bridgehead atoms. The second-order valence-corrected chi connectivity index (χ2v) is 5.55. The SMILES string of the molecule is Clc1ccccc1C1Cc2ccc(Br)cc2N1. The van der Waals surface area contributed by atoms with Crippen LogP contribution in [-0.2, 0) is 6.42 Å². The van der Waals surface area contributed by atoms with Gasteiger partial charge in [0.2, 0.25) is 0 Å². The maximum absolute atomic E-state index is 6.23. The molecule has 0 radical (unpaired) electrons. The molecule has 1 aliphatic rings. The minimum atomic E-state index is 0.285. The molecule has 0 spiro atoms. The van der Waals surface area contributed by atoms with E-state index in [0.29, 0.717) is 0 Å². The first-order valence-corrected chi connectivity index (χ1v) is 6.70. The molecular weight excluding hydrogens is 298 g/mol. The molecule has 0 aromatic heterocycles. The molecule has 1 unspecified atom stereocenters. The zero-order valence-electron chi connectivity index (χ0n) is 9.08. The van der Waals surface area contributed by atoms with Gasteiger partial charge in [-0.2, -0.15) is 0 Å². The van der Waals surface area contributed by atoms with Crippen LogP contribution in [0.15, 0.2) is 46.9 Å². The van der Waals surface area contributed by atoms with Gasteiger partial charge in [0, 0.05) is 15.2 Å². The van der Waals surface area contributed by atoms with E-state index in [-0.39, 0.29) is 6.04 Å². The van der Waals surface area contributed by atoms with E-state index >= 15 is 0 Å². The van der Waals surface area contributed by atoms with Crippen molar-refractivity contribution in [3.8, 4) is 0 Å². The van der Waals surface area contributed by atoms with Crippen LogP contribution in [-0.4, -0.2) is 0 Å². The molecule has 17 heavy (non-hydrogen) atoms. The lowest BCUT2D eigenvalue weighted by Gasteiger charge is -2.13. The Balaban J connectivity index is 1.94. The van der Waals surface area contributed by atoms with Gasteiger partial charge in [-0.05, 0) is 35.7 Å². The van der Waals surface area contributed by atoms with Crippen LogP contribution in [0.5, 0.6) is 0 Å². The third kappa shape index (κ3) is 2.07. The van der Waals surface area contributed by atoms with Crippen molar-refractivity contribution in [3.63, 3.8) is 0 Å². The van der Waals surface area contributed by atoms with E-state index in [2.05, 4.69) is 45.5 Å². The van der Waals surface area contributed by atoms with Gasteiger partial charge in [-0.3, -0.25) is 0 Å². The predicted molar refractivity (Wildman–Crippen MR) is 75.7 cm³/mol. The van der Waals surface area contributed by atoms with Crippen molar-refractivity contribution in [3.05, 3.63) is 63.1 Å². The van der Waals surface area contributed by atoms with Crippen LogP contribution in [0.3, 0.4) is 0 Å². The Morgan fingerprint density at radius 1 is 1.18 bits per heavy atom. The summed E-state index contributed by atoms with van der Waals surface area (Å²) in [6.07, 6.45) is 0.992. The molecule has 86 valence electrons. The topological polar surface area (TPSA) is 12.0 Å². The first kappa shape index (κ1) is 11.1. The Kier molecular flexibility index (Phi) is 2.85. The van der Waals surface area contributed by atoms with Crippen molar-refractivity contribution in [1.29, 1.82) is 0 Å². The van der Waals surface area contributed by atoms with E-state index in [1.165, 1.54) is 16.8 Å². The summed E-state index contributed by atoms with van der Waals surface area (Å²) in [5.74, 6) is 0. The van der Waals surface area contributed by atoms with Crippen LogP contribution in [0.4, 0.5) is 5.69 Å². The Labute approximate surface area is 114 Å². The fourth-order valence-corrected chi connectivity index (χ4v) is 2.89. The summed E-state index contributed by atoms with van der Waals surface area (Å²) in [5.41, 5.74) is 3.71. The van der Waals surface area contributed by atoms with Crippen LogP contribution in [0.1, 0.15) is 17.2 Å². The average molecular weight is 309 g/mol. The lowest BCUT2D eigenvalue weighted by atomic mass is 10.0. The van der Waals surface area contributed by atoms with Crippen LogP contribution < -0.4 is 5.32 Å². The zero-order valence-corrected chi connectivity index (χ0v) is 11.4. The van der Waals surface area contributed by atoms with Crippen molar-refractivity contribution in [2.24, 2.45) is 0 Å². The minimum absolute atomic E-state index is 0.285. The van der Waals surface area contributed by atoms with Crippen molar-refractivity contribution in [1.82, 2.24) is 0 Å². The molecule has 1 aliphatic heterocycles. The van der Waals surface area contributed by atoms with Crippen LogP contribution in [0.2, 0.25) is 5.02 Å². The highest BCUT2D eigenvalue weighted by Gasteiger charge is 2.23. The van der Waals surface area contributed by atoms with Gasteiger partial charge in [-0.25, -0.2) is 0 Å². The lowest BCUT2D eigenvalue weighted by molar-refractivity contribution is 0.824. The van der Waals surface area contributed by atoms with Gasteiger partial charge in [0.05, 0.1) is 6.04 Å². The van der Waals surface area contributed by atoms with Crippen molar-refractivity contribution in [2.75, 3.05) is 5.32 Å². The predicted octanol–water partition coefficient (Wildman–Crippen LogP) is 4.81. The summed E-state index contributed by atoms with van der Waals surface area (Å²) in [6, 6.07) is 14.7. The third-order valence-electron chi connectivity index (χ3n) is 3.11. The summed E-state index contributed by atoms with van der Waals surface area (Å²) >= 11 is 9.72. The summed E-state index contributed by atoms with van der Waals surface area (Å²) in [4.78, 5) is 0. The molecule has 3 rings (SSSR count). The van der Waals surface area contributed by atoms with Crippen molar-refractivity contribution < 1.29 is 0 Å². The minimum Gasteiger partial charge on any atom is -0.378 e. The molecule has 0 saturated carbocycles. The Morgan fingerprint density at radius 3 is 2.82 bits per heavy atom. The number of halogens is 2. The molecule has 1 heterocycles. The van der Waals surface area contributed by atoms with E-state index in [1.54, 1.807) is 0 Å². The lowest BCUT2D eigenvalue weighted by Crippen LogP contribution is -2.05. The van der Waals surface area contributed by atoms with Gasteiger partial charge in [-0.15, -0.1) is 0 Å². The second-order valence-electron chi connectivity index (χ2n) is 4.22. The van der Waals surface area contributed by atoms with Gasteiger partial charge in [0.25, 0.3) is 0 Å². The standard InChI is InChI=1S/C14H11BrClN/c15-10-6-5-9-7-14(17-13(9)8-10)11-3-1-2-4-12(11)16/h1-6,8,14,17H,7H2. The van der Waals surface area contributed by atoms with Crippen LogP contribution in [0, 0.1) is 0 Å². The number of rotatable bonds is 1. The van der Waals surface area contributed by atoms with Gasteiger partial charge < -0.3 is 5.32 Å². The fourth-order valence-electron chi connectivity index (χ4n) is 2.27. The summed E-state index contributed by atoms with van der Waals surface area (Å²) in [5, 5.41) is 4.35. The highest BCUT2D eigenvalue weighted by atomic mass is 79.9. The second kappa shape index (κ2) is 4.35. The third-order valence-corrected chi connectivity index (χ3v) is 3.94. The van der Waals surface area contributed by atoms with E-state index in [1.807, 2.05) is 18.2 Å². The molecule has 2 aromatic rings. The number of benzene rings is 2. The number of hydrogen-bond acceptors (Lipinski definition) is 1. The molecule has 0 fully saturated rings. The highest BCUT2D eigenvalue weighted by molar-refractivity contribution is 9.10. The molecule has 3 heteroatoms. The van der Waals surface area contributed by atoms with E-state index in [9.17, 15) is 0 Å². The largest absolute Gasteiger partial charge is 0.378 e. The average Bonchev–Trinajstić information content (AvgIpc) is 2.72. The highest BCUT2D eigenvalue weighted by Crippen LogP contribution is 2.37. The molecule has 1 N–H and O–H groups in total. The van der Waals surface area contributed by atoms with E-state index < -0.39 is 0 Å². The van der Waals surface area contributed by atoms with E-state index in [4.69, 9.17) is 11.6 Å². The van der Waals surface area contributed by atoms with Gasteiger partial charge >= 0.3 is 0 Å². The molecule has 1 atom stereocenters. The maximum Gasteiger partial charge on any atom is 0.0569 e. The Bertz CT molecular complexity index is 568.